The molecule has 0 saturated carbocycles. The van der Waals surface area contributed by atoms with E-state index in [1.807, 2.05) is 19.1 Å². The summed E-state index contributed by atoms with van der Waals surface area (Å²) in [6.07, 6.45) is 2.65. The van der Waals surface area contributed by atoms with Crippen molar-refractivity contribution in [3.05, 3.63) is 75.4 Å². The van der Waals surface area contributed by atoms with Crippen molar-refractivity contribution in [3.63, 3.8) is 0 Å². The Morgan fingerprint density at radius 1 is 1.12 bits per heavy atom. The fourth-order valence-electron chi connectivity index (χ4n) is 4.17. The first-order chi connectivity index (χ1) is 15.9. The topological polar surface area (TPSA) is 71.8 Å². The number of carbonyl (C=O) groups is 1. The van der Waals surface area contributed by atoms with Crippen LogP contribution in [0.4, 0.5) is 4.39 Å². The molecule has 33 heavy (non-hydrogen) atoms. The highest BCUT2D eigenvalue weighted by atomic mass is 19.1. The van der Waals surface area contributed by atoms with Crippen LogP contribution in [0.15, 0.2) is 51.7 Å². The van der Waals surface area contributed by atoms with Gasteiger partial charge >= 0.3 is 5.63 Å². The monoisotopic (exact) mass is 452 g/mol. The molecule has 1 fully saturated rings. The van der Waals surface area contributed by atoms with Crippen molar-refractivity contribution in [2.75, 3.05) is 26.2 Å². The Kier molecular flexibility index (Phi) is 7.08. The van der Waals surface area contributed by atoms with Crippen molar-refractivity contribution in [2.24, 2.45) is 0 Å². The molecule has 2 aromatic carbocycles. The Hall–Kier alpha value is -3.19. The van der Waals surface area contributed by atoms with E-state index >= 15 is 0 Å². The molecule has 0 radical (unpaired) electrons. The maximum absolute atomic E-state index is 13.0. The number of fused-ring (bicyclic) bond motifs is 1. The minimum atomic E-state index is -0.346. The summed E-state index contributed by atoms with van der Waals surface area (Å²) in [7, 11) is 0. The van der Waals surface area contributed by atoms with E-state index in [0.29, 0.717) is 29.1 Å². The normalized spacial score (nSPS) is 15.0. The molecule has 1 aliphatic heterocycles. The van der Waals surface area contributed by atoms with Gasteiger partial charge in [-0.3, -0.25) is 4.79 Å². The van der Waals surface area contributed by atoms with Gasteiger partial charge in [-0.2, -0.15) is 0 Å². The molecule has 3 aromatic rings. The van der Waals surface area contributed by atoms with Gasteiger partial charge < -0.3 is 19.4 Å². The zero-order valence-corrected chi connectivity index (χ0v) is 19.0. The highest BCUT2D eigenvalue weighted by molar-refractivity contribution is 5.94. The van der Waals surface area contributed by atoms with Crippen LogP contribution in [-0.2, 0) is 0 Å². The molecule has 2 heterocycles. The molecule has 1 aliphatic rings. The van der Waals surface area contributed by atoms with Gasteiger partial charge in [0.2, 0.25) is 0 Å². The summed E-state index contributed by atoms with van der Waals surface area (Å²) in [5, 5.41) is 3.97. The molecular formula is C26H29FN2O4. The highest BCUT2D eigenvalue weighted by Crippen LogP contribution is 2.24. The molecule has 0 spiro atoms. The van der Waals surface area contributed by atoms with E-state index in [1.165, 1.54) is 24.3 Å². The van der Waals surface area contributed by atoms with E-state index in [-0.39, 0.29) is 23.4 Å². The number of ether oxygens (including phenoxy) is 1. The zero-order valence-electron chi connectivity index (χ0n) is 19.0. The number of hydrogen-bond donors (Lipinski definition) is 1. The number of amides is 1. The number of hydrogen-bond acceptors (Lipinski definition) is 5. The largest absolute Gasteiger partial charge is 0.493 e. The van der Waals surface area contributed by atoms with E-state index in [4.69, 9.17) is 9.15 Å². The number of nitrogens with one attached hydrogen (secondary N) is 1. The summed E-state index contributed by atoms with van der Waals surface area (Å²) < 4.78 is 24.3. The molecule has 7 heteroatoms. The molecule has 4 rings (SSSR count). The highest BCUT2D eigenvalue weighted by Gasteiger charge is 2.21. The number of nitrogens with zero attached hydrogens (tertiary/aromatic N) is 1. The second-order valence-corrected chi connectivity index (χ2v) is 8.60. The number of aryl methyl sites for hydroxylation is 1. The van der Waals surface area contributed by atoms with Crippen LogP contribution in [0, 0.1) is 19.7 Å². The first-order valence-corrected chi connectivity index (χ1v) is 11.4. The van der Waals surface area contributed by atoms with E-state index in [0.717, 1.165) is 49.8 Å². The van der Waals surface area contributed by atoms with Crippen LogP contribution in [0.2, 0.25) is 0 Å². The fraction of sp³-hybridized carbons (Fsp3) is 0.385. The quantitative estimate of drug-likeness (QED) is 0.430. The van der Waals surface area contributed by atoms with Gasteiger partial charge in [0.05, 0.1) is 6.61 Å². The SMILES string of the molecule is Cc1c(C)c2ccc(OCCCN3CCC(NC(=O)c4ccc(F)cc4)CC3)cc2oc1=O. The number of benzene rings is 2. The fourth-order valence-corrected chi connectivity index (χ4v) is 4.17. The van der Waals surface area contributed by atoms with Crippen LogP contribution in [0.1, 0.15) is 40.7 Å². The van der Waals surface area contributed by atoms with E-state index in [9.17, 15) is 14.0 Å². The van der Waals surface area contributed by atoms with Crippen molar-refractivity contribution < 1.29 is 18.3 Å². The van der Waals surface area contributed by atoms with Crippen molar-refractivity contribution in [1.29, 1.82) is 0 Å². The van der Waals surface area contributed by atoms with Crippen LogP contribution in [-0.4, -0.2) is 43.1 Å². The smallest absolute Gasteiger partial charge is 0.339 e. The molecule has 0 atom stereocenters. The minimum absolute atomic E-state index is 0.134. The molecule has 6 nitrogen and oxygen atoms in total. The molecule has 1 N–H and O–H groups in total. The van der Waals surface area contributed by atoms with Gasteiger partial charge in [-0.15, -0.1) is 0 Å². The van der Waals surface area contributed by atoms with E-state index < -0.39 is 0 Å². The molecule has 0 bridgehead atoms. The average molecular weight is 453 g/mol. The van der Waals surface area contributed by atoms with Crippen LogP contribution >= 0.6 is 0 Å². The first kappa shape index (κ1) is 23.0. The second-order valence-electron chi connectivity index (χ2n) is 8.60. The maximum atomic E-state index is 13.0. The first-order valence-electron chi connectivity index (χ1n) is 11.4. The van der Waals surface area contributed by atoms with Crippen LogP contribution in [0.25, 0.3) is 11.0 Å². The Morgan fingerprint density at radius 2 is 1.85 bits per heavy atom. The van der Waals surface area contributed by atoms with E-state index in [1.54, 1.807) is 13.0 Å². The van der Waals surface area contributed by atoms with Gasteiger partial charge in [-0.25, -0.2) is 9.18 Å². The number of rotatable bonds is 7. The summed E-state index contributed by atoms with van der Waals surface area (Å²) in [5.41, 5.74) is 2.29. The Morgan fingerprint density at radius 3 is 2.58 bits per heavy atom. The van der Waals surface area contributed by atoms with Gasteiger partial charge in [-0.05, 0) is 75.1 Å². The van der Waals surface area contributed by atoms with Crippen LogP contribution < -0.4 is 15.7 Å². The molecular weight excluding hydrogens is 423 g/mol. The summed E-state index contributed by atoms with van der Waals surface area (Å²) in [6, 6.07) is 11.4. The molecule has 0 unspecified atom stereocenters. The Labute approximate surface area is 192 Å². The molecule has 1 amide bonds. The average Bonchev–Trinajstić information content (AvgIpc) is 2.81. The lowest BCUT2D eigenvalue weighted by Crippen LogP contribution is -2.45. The third-order valence-corrected chi connectivity index (χ3v) is 6.35. The summed E-state index contributed by atoms with van der Waals surface area (Å²) in [5.74, 6) is 0.191. The van der Waals surface area contributed by atoms with Crippen molar-refractivity contribution in [1.82, 2.24) is 10.2 Å². The predicted molar refractivity (Wildman–Crippen MR) is 125 cm³/mol. The number of piperidine rings is 1. The predicted octanol–water partition coefficient (Wildman–Crippen LogP) is 4.21. The lowest BCUT2D eigenvalue weighted by molar-refractivity contribution is 0.0909. The molecule has 0 aliphatic carbocycles. The van der Waals surface area contributed by atoms with Gasteiger partial charge in [0, 0.05) is 48.3 Å². The zero-order chi connectivity index (χ0) is 23.4. The van der Waals surface area contributed by atoms with Gasteiger partial charge in [0.1, 0.15) is 17.1 Å². The van der Waals surface area contributed by atoms with Crippen molar-refractivity contribution in [2.45, 2.75) is 39.2 Å². The molecule has 174 valence electrons. The van der Waals surface area contributed by atoms with E-state index in [2.05, 4.69) is 10.2 Å². The number of halogens is 1. The number of carbonyl (C=O) groups excluding carboxylic acids is 1. The van der Waals surface area contributed by atoms with Crippen LogP contribution in [0.3, 0.4) is 0 Å². The third kappa shape index (κ3) is 5.60. The summed E-state index contributed by atoms with van der Waals surface area (Å²) in [4.78, 5) is 26.6. The maximum Gasteiger partial charge on any atom is 0.339 e. The lowest BCUT2D eigenvalue weighted by atomic mass is 10.0. The molecule has 1 aromatic heterocycles. The Bertz CT molecular complexity index is 1180. The summed E-state index contributed by atoms with van der Waals surface area (Å²) in [6.45, 7) is 7.00. The third-order valence-electron chi connectivity index (χ3n) is 6.35. The van der Waals surface area contributed by atoms with Crippen molar-refractivity contribution >= 4 is 16.9 Å². The van der Waals surface area contributed by atoms with Crippen LogP contribution in [0.5, 0.6) is 5.75 Å². The van der Waals surface area contributed by atoms with Gasteiger partial charge in [0.25, 0.3) is 5.91 Å². The standard InChI is InChI=1S/C26H29FN2O4/c1-17-18(2)26(31)33-24-16-22(8-9-23(17)24)32-15-3-12-29-13-10-21(11-14-29)28-25(30)19-4-6-20(27)7-5-19/h4-9,16,21H,3,10-15H2,1-2H3,(H,28,30). The Balaban J connectivity index is 1.19. The lowest BCUT2D eigenvalue weighted by Gasteiger charge is -2.32. The van der Waals surface area contributed by atoms with Gasteiger partial charge in [-0.1, -0.05) is 0 Å². The van der Waals surface area contributed by atoms with Crippen molar-refractivity contribution in [3.8, 4) is 5.75 Å². The summed E-state index contributed by atoms with van der Waals surface area (Å²) >= 11 is 0. The molecule has 1 saturated heterocycles. The second kappa shape index (κ2) is 10.2. The van der Waals surface area contributed by atoms with Gasteiger partial charge in [0.15, 0.2) is 0 Å². The number of likely N-dealkylation sites (tertiary alicyclic amines) is 1. The minimum Gasteiger partial charge on any atom is -0.493 e.